The Morgan fingerprint density at radius 1 is 1.14 bits per heavy atom. The van der Waals surface area contributed by atoms with Crippen LogP contribution >= 0.6 is 7.14 Å². The summed E-state index contributed by atoms with van der Waals surface area (Å²) in [6, 6.07) is 0. The van der Waals surface area contributed by atoms with E-state index in [1.165, 1.54) is 44.9 Å². The minimum Gasteiger partial charge on any atom is -0.323 e. The van der Waals surface area contributed by atoms with Gasteiger partial charge in [-0.15, -0.1) is 0 Å². The molecule has 0 spiro atoms. The SMILES string of the molecule is CCCCP(=O)(CC)C1CCCCC1. The second-order valence-corrected chi connectivity index (χ2v) is 8.35. The van der Waals surface area contributed by atoms with E-state index >= 15 is 0 Å². The first-order valence-electron chi connectivity index (χ1n) is 6.30. The molecule has 14 heavy (non-hydrogen) atoms. The highest BCUT2D eigenvalue weighted by Gasteiger charge is 2.31. The lowest BCUT2D eigenvalue weighted by atomic mass is 10.0. The van der Waals surface area contributed by atoms with Gasteiger partial charge in [0.1, 0.15) is 0 Å². The molecule has 1 aliphatic carbocycles. The smallest absolute Gasteiger partial charge is 0.0904 e. The fourth-order valence-electron chi connectivity index (χ4n) is 2.58. The summed E-state index contributed by atoms with van der Waals surface area (Å²) in [6.07, 6.45) is 10.8. The van der Waals surface area contributed by atoms with Crippen LogP contribution in [-0.2, 0) is 4.57 Å². The maximum Gasteiger partial charge on any atom is 0.0904 e. The van der Waals surface area contributed by atoms with Crippen LogP contribution in [0.5, 0.6) is 0 Å². The Bertz CT molecular complexity index is 194. The Kier molecular flexibility index (Phi) is 5.23. The molecule has 1 saturated carbocycles. The Hall–Kier alpha value is 0.230. The molecule has 0 aromatic heterocycles. The van der Waals surface area contributed by atoms with Crippen LogP contribution < -0.4 is 0 Å². The van der Waals surface area contributed by atoms with Crippen molar-refractivity contribution >= 4 is 7.14 Å². The van der Waals surface area contributed by atoms with Gasteiger partial charge in [0.15, 0.2) is 0 Å². The standard InChI is InChI=1S/C12H25OP/c1-3-5-11-14(13,4-2)12-9-7-6-8-10-12/h12H,3-11H2,1-2H3. The van der Waals surface area contributed by atoms with Crippen molar-refractivity contribution < 1.29 is 4.57 Å². The molecule has 1 unspecified atom stereocenters. The number of hydrogen-bond acceptors (Lipinski definition) is 1. The second kappa shape index (κ2) is 5.95. The number of rotatable bonds is 5. The van der Waals surface area contributed by atoms with Crippen molar-refractivity contribution in [2.24, 2.45) is 0 Å². The van der Waals surface area contributed by atoms with Crippen molar-refractivity contribution in [3.05, 3.63) is 0 Å². The highest BCUT2D eigenvalue weighted by atomic mass is 31.2. The Balaban J connectivity index is 2.52. The molecule has 1 atom stereocenters. The van der Waals surface area contributed by atoms with Gasteiger partial charge in [0.25, 0.3) is 0 Å². The van der Waals surface area contributed by atoms with Crippen LogP contribution in [0.15, 0.2) is 0 Å². The van der Waals surface area contributed by atoms with Gasteiger partial charge in [-0.05, 0) is 25.4 Å². The Morgan fingerprint density at radius 3 is 2.29 bits per heavy atom. The molecule has 1 nitrogen and oxygen atoms in total. The molecule has 0 heterocycles. The summed E-state index contributed by atoms with van der Waals surface area (Å²) in [6.45, 7) is 4.33. The predicted octanol–water partition coefficient (Wildman–Crippen LogP) is 4.50. The van der Waals surface area contributed by atoms with Crippen LogP contribution in [0.3, 0.4) is 0 Å². The first kappa shape index (κ1) is 12.3. The molecule has 0 aromatic rings. The van der Waals surface area contributed by atoms with E-state index in [0.717, 1.165) is 12.3 Å². The highest BCUT2D eigenvalue weighted by molar-refractivity contribution is 7.64. The van der Waals surface area contributed by atoms with Gasteiger partial charge in [-0.3, -0.25) is 0 Å². The molecule has 0 amide bonds. The molecule has 0 aromatic carbocycles. The molecule has 84 valence electrons. The van der Waals surface area contributed by atoms with Gasteiger partial charge in [-0.25, -0.2) is 0 Å². The van der Waals surface area contributed by atoms with Gasteiger partial charge in [0.05, 0.1) is 7.14 Å². The van der Waals surface area contributed by atoms with Crippen LogP contribution in [0.1, 0.15) is 58.8 Å². The van der Waals surface area contributed by atoms with Gasteiger partial charge < -0.3 is 4.57 Å². The molecule has 0 aliphatic heterocycles. The zero-order valence-electron chi connectivity index (χ0n) is 9.80. The van der Waals surface area contributed by atoms with Gasteiger partial charge in [0.2, 0.25) is 0 Å². The van der Waals surface area contributed by atoms with E-state index in [1.807, 2.05) is 0 Å². The average molecular weight is 216 g/mol. The van der Waals surface area contributed by atoms with Crippen molar-refractivity contribution in [1.82, 2.24) is 0 Å². The van der Waals surface area contributed by atoms with Crippen LogP contribution in [0.4, 0.5) is 0 Å². The third kappa shape index (κ3) is 3.12. The van der Waals surface area contributed by atoms with Crippen LogP contribution in [0, 0.1) is 0 Å². The molecule has 1 aliphatic rings. The van der Waals surface area contributed by atoms with Crippen molar-refractivity contribution in [3.8, 4) is 0 Å². The molecular formula is C12H25OP. The molecule has 0 bridgehead atoms. The van der Waals surface area contributed by atoms with Gasteiger partial charge in [0, 0.05) is 11.8 Å². The van der Waals surface area contributed by atoms with Crippen LogP contribution in [0.2, 0.25) is 0 Å². The van der Waals surface area contributed by atoms with Crippen molar-refractivity contribution in [2.45, 2.75) is 64.5 Å². The fourth-order valence-corrected chi connectivity index (χ4v) is 5.93. The van der Waals surface area contributed by atoms with E-state index in [-0.39, 0.29) is 0 Å². The summed E-state index contributed by atoms with van der Waals surface area (Å²) < 4.78 is 12.7. The first-order chi connectivity index (χ1) is 6.73. The van der Waals surface area contributed by atoms with E-state index in [2.05, 4.69) is 13.8 Å². The maximum atomic E-state index is 12.7. The maximum absolute atomic E-state index is 12.7. The van der Waals surface area contributed by atoms with Crippen LogP contribution in [-0.4, -0.2) is 18.0 Å². The summed E-state index contributed by atoms with van der Waals surface area (Å²) in [5.41, 5.74) is 0.591. The molecule has 0 radical (unpaired) electrons. The number of unbranched alkanes of at least 4 members (excludes halogenated alkanes) is 1. The van der Waals surface area contributed by atoms with E-state index in [4.69, 9.17) is 0 Å². The summed E-state index contributed by atoms with van der Waals surface area (Å²) in [4.78, 5) is 0. The molecular weight excluding hydrogens is 191 g/mol. The lowest BCUT2D eigenvalue weighted by molar-refractivity contribution is 0.481. The lowest BCUT2D eigenvalue weighted by Crippen LogP contribution is -2.16. The van der Waals surface area contributed by atoms with E-state index in [1.54, 1.807) is 0 Å². The summed E-state index contributed by atoms with van der Waals surface area (Å²) in [7, 11) is -1.79. The topological polar surface area (TPSA) is 17.1 Å². The van der Waals surface area contributed by atoms with Gasteiger partial charge in [-0.1, -0.05) is 39.5 Å². The molecule has 1 rings (SSSR count). The Morgan fingerprint density at radius 2 is 1.79 bits per heavy atom. The second-order valence-electron chi connectivity index (χ2n) is 4.64. The normalized spacial score (nSPS) is 23.3. The molecule has 0 saturated heterocycles. The zero-order valence-corrected chi connectivity index (χ0v) is 10.7. The van der Waals surface area contributed by atoms with Crippen molar-refractivity contribution in [2.75, 3.05) is 12.3 Å². The summed E-state index contributed by atoms with van der Waals surface area (Å²) in [5.74, 6) is 0. The summed E-state index contributed by atoms with van der Waals surface area (Å²) in [5, 5.41) is 0. The van der Waals surface area contributed by atoms with Crippen molar-refractivity contribution in [1.29, 1.82) is 0 Å². The lowest BCUT2D eigenvalue weighted by Gasteiger charge is -2.30. The largest absolute Gasteiger partial charge is 0.323 e. The molecule has 0 N–H and O–H groups in total. The fraction of sp³-hybridized carbons (Fsp3) is 1.00. The minimum absolute atomic E-state index is 0.591. The van der Waals surface area contributed by atoms with Crippen LogP contribution in [0.25, 0.3) is 0 Å². The minimum atomic E-state index is -1.79. The van der Waals surface area contributed by atoms with Crippen molar-refractivity contribution in [3.63, 3.8) is 0 Å². The average Bonchev–Trinajstić information content (AvgIpc) is 2.27. The zero-order chi connectivity index (χ0) is 10.4. The predicted molar refractivity (Wildman–Crippen MR) is 64.8 cm³/mol. The first-order valence-corrected chi connectivity index (χ1v) is 8.45. The third-order valence-corrected chi connectivity index (χ3v) is 7.66. The van der Waals surface area contributed by atoms with E-state index < -0.39 is 7.14 Å². The monoisotopic (exact) mass is 216 g/mol. The van der Waals surface area contributed by atoms with E-state index in [0.29, 0.717) is 5.66 Å². The quantitative estimate of drug-likeness (QED) is 0.618. The third-order valence-electron chi connectivity index (χ3n) is 3.67. The van der Waals surface area contributed by atoms with Gasteiger partial charge >= 0.3 is 0 Å². The molecule has 1 fully saturated rings. The Labute approximate surface area is 89.0 Å². The molecule has 2 heteroatoms. The summed E-state index contributed by atoms with van der Waals surface area (Å²) >= 11 is 0. The highest BCUT2D eigenvalue weighted by Crippen LogP contribution is 2.55. The van der Waals surface area contributed by atoms with Gasteiger partial charge in [-0.2, -0.15) is 0 Å². The van der Waals surface area contributed by atoms with E-state index in [9.17, 15) is 4.57 Å². The number of hydrogen-bond donors (Lipinski definition) is 0.